The molecular formula is C20H20F5N5O3S. The number of hydrogen-bond acceptors (Lipinski definition) is 8. The Hall–Kier alpha value is -3.03. The van der Waals surface area contributed by atoms with Gasteiger partial charge in [-0.25, -0.2) is 15.0 Å². The average Bonchev–Trinajstić information content (AvgIpc) is 3.13. The molecule has 0 bridgehead atoms. The number of ether oxygens (including phenoxy) is 2. The number of fused-ring (bicyclic) bond motifs is 1. The van der Waals surface area contributed by atoms with Gasteiger partial charge >= 0.3 is 12.8 Å². The average molecular weight is 505 g/mol. The number of halogens is 5. The maximum absolute atomic E-state index is 13.5. The zero-order valence-electron chi connectivity index (χ0n) is 17.5. The zero-order valence-corrected chi connectivity index (χ0v) is 18.3. The Morgan fingerprint density at radius 3 is 2.82 bits per heavy atom. The number of amides is 1. The molecular weight excluding hydrogens is 485 g/mol. The lowest BCUT2D eigenvalue weighted by Gasteiger charge is -2.38. The largest absolute Gasteiger partial charge is 0.465 e. The number of pyridine rings is 1. The molecule has 0 aromatic carbocycles. The molecule has 2 aromatic heterocycles. The highest BCUT2D eigenvalue weighted by Crippen LogP contribution is 2.51. The molecule has 1 aliphatic heterocycles. The van der Waals surface area contributed by atoms with E-state index in [9.17, 15) is 26.7 Å². The molecule has 2 aliphatic rings. The molecule has 2 aromatic rings. The number of thiazole rings is 1. The molecule has 4 rings (SSSR count). The van der Waals surface area contributed by atoms with E-state index in [2.05, 4.69) is 25.0 Å². The Morgan fingerprint density at radius 2 is 2.15 bits per heavy atom. The number of aliphatic imine (C=N–C) groups is 1. The van der Waals surface area contributed by atoms with Crippen molar-refractivity contribution in [2.45, 2.75) is 44.0 Å². The topological polar surface area (TPSA) is 112 Å². The van der Waals surface area contributed by atoms with Crippen molar-refractivity contribution in [3.8, 4) is 5.75 Å². The first kappa shape index (κ1) is 24.1. The molecule has 3 atom stereocenters. The second-order valence-corrected chi connectivity index (χ2v) is 8.86. The van der Waals surface area contributed by atoms with Crippen LogP contribution in [0.15, 0.2) is 28.7 Å². The van der Waals surface area contributed by atoms with Gasteiger partial charge in [0.2, 0.25) is 0 Å². The lowest BCUT2D eigenvalue weighted by atomic mass is 9.79. The minimum atomic E-state index is -4.33. The van der Waals surface area contributed by atoms with Crippen molar-refractivity contribution in [3.63, 3.8) is 0 Å². The number of anilines is 1. The van der Waals surface area contributed by atoms with Crippen molar-refractivity contribution < 1.29 is 36.2 Å². The predicted octanol–water partition coefficient (Wildman–Crippen LogP) is 4.30. The molecule has 1 saturated carbocycles. The van der Waals surface area contributed by atoms with E-state index in [-0.39, 0.29) is 49.2 Å². The molecule has 3 N–H and O–H groups in total. The van der Waals surface area contributed by atoms with Gasteiger partial charge in [-0.2, -0.15) is 22.0 Å². The van der Waals surface area contributed by atoms with E-state index in [1.807, 2.05) is 0 Å². The summed E-state index contributed by atoms with van der Waals surface area (Å²) >= 11 is 1.15. The van der Waals surface area contributed by atoms with Crippen LogP contribution >= 0.6 is 11.3 Å². The zero-order chi connectivity index (χ0) is 24.5. The third-order valence-corrected chi connectivity index (χ3v) is 6.88. The van der Waals surface area contributed by atoms with Gasteiger partial charge < -0.3 is 20.5 Å². The number of carbonyl (C=O) groups excluding carboxylic acids is 1. The van der Waals surface area contributed by atoms with Gasteiger partial charge in [0.25, 0.3) is 11.9 Å². The van der Waals surface area contributed by atoms with Gasteiger partial charge in [0, 0.05) is 11.3 Å². The van der Waals surface area contributed by atoms with E-state index in [0.717, 1.165) is 17.5 Å². The third kappa shape index (κ3) is 5.05. The highest BCUT2D eigenvalue weighted by Gasteiger charge is 2.52. The smallest absolute Gasteiger partial charge is 0.391 e. The number of nitrogens with zero attached hydrogens (tertiary/aromatic N) is 3. The fourth-order valence-electron chi connectivity index (χ4n) is 4.27. The van der Waals surface area contributed by atoms with Gasteiger partial charge in [-0.15, -0.1) is 11.3 Å². The molecule has 0 saturated heterocycles. The van der Waals surface area contributed by atoms with Crippen LogP contribution in [0.4, 0.5) is 27.8 Å². The predicted molar refractivity (Wildman–Crippen MR) is 112 cm³/mol. The van der Waals surface area contributed by atoms with Crippen LogP contribution in [0.3, 0.4) is 0 Å². The van der Waals surface area contributed by atoms with E-state index < -0.39 is 36.1 Å². The number of hydrogen-bond donors (Lipinski definition) is 2. The second-order valence-electron chi connectivity index (χ2n) is 8.00. The van der Waals surface area contributed by atoms with Crippen molar-refractivity contribution in [3.05, 3.63) is 34.4 Å². The van der Waals surface area contributed by atoms with Crippen LogP contribution in [0, 0.1) is 11.8 Å². The standard InChI is InChI=1S/C20H20F5N5O3S/c21-17(22)33-12-3-4-13(27-7-12)15(31)28-14-9-34-16(29-14)19-5-1-2-10(20(23,24)25)6-11(19)8-32-18(26)30-19/h3-4,7,9-11,17H,1-2,5-6,8H2,(H2,26,30)(H,28,31)/t10-,11+,19+/m0/s1. The van der Waals surface area contributed by atoms with Crippen LogP contribution in [-0.4, -0.2) is 41.3 Å². The first-order valence-electron chi connectivity index (χ1n) is 10.3. The molecule has 8 nitrogen and oxygen atoms in total. The molecule has 1 fully saturated rings. The number of aromatic nitrogens is 2. The number of amidine groups is 1. The second kappa shape index (κ2) is 9.31. The molecule has 0 spiro atoms. The van der Waals surface area contributed by atoms with Gasteiger partial charge in [0.15, 0.2) is 0 Å². The fraction of sp³-hybridized carbons (Fsp3) is 0.500. The molecule has 14 heteroatoms. The van der Waals surface area contributed by atoms with Gasteiger partial charge in [0.1, 0.15) is 27.8 Å². The molecule has 1 amide bonds. The molecule has 184 valence electrons. The lowest BCUT2D eigenvalue weighted by Crippen LogP contribution is -2.44. The molecule has 3 heterocycles. The van der Waals surface area contributed by atoms with Gasteiger partial charge in [-0.1, -0.05) is 0 Å². The van der Waals surface area contributed by atoms with E-state index in [1.165, 1.54) is 12.1 Å². The summed E-state index contributed by atoms with van der Waals surface area (Å²) in [6, 6.07) is 2.27. The first-order chi connectivity index (χ1) is 16.1. The quantitative estimate of drug-likeness (QED) is 0.586. The number of carbonyl (C=O) groups is 1. The molecule has 34 heavy (non-hydrogen) atoms. The highest BCUT2D eigenvalue weighted by molar-refractivity contribution is 7.10. The lowest BCUT2D eigenvalue weighted by molar-refractivity contribution is -0.181. The van der Waals surface area contributed by atoms with E-state index in [0.29, 0.717) is 11.4 Å². The van der Waals surface area contributed by atoms with Crippen LogP contribution in [0.2, 0.25) is 0 Å². The van der Waals surface area contributed by atoms with Crippen molar-refractivity contribution in [2.24, 2.45) is 22.6 Å². The Kier molecular flexibility index (Phi) is 6.60. The summed E-state index contributed by atoms with van der Waals surface area (Å²) in [7, 11) is 0. The van der Waals surface area contributed by atoms with E-state index >= 15 is 0 Å². The Balaban J connectivity index is 1.54. The van der Waals surface area contributed by atoms with E-state index in [4.69, 9.17) is 10.5 Å². The molecule has 1 aliphatic carbocycles. The van der Waals surface area contributed by atoms with Crippen molar-refractivity contribution in [2.75, 3.05) is 11.9 Å². The van der Waals surface area contributed by atoms with E-state index in [1.54, 1.807) is 5.38 Å². The van der Waals surface area contributed by atoms with Crippen LogP contribution in [0.25, 0.3) is 0 Å². The summed E-state index contributed by atoms with van der Waals surface area (Å²) in [5.41, 5.74) is 4.64. The van der Waals surface area contributed by atoms with Crippen molar-refractivity contribution in [1.29, 1.82) is 0 Å². The Labute approximate surface area is 194 Å². The van der Waals surface area contributed by atoms with Gasteiger partial charge in [0.05, 0.1) is 18.7 Å². The Morgan fingerprint density at radius 1 is 1.35 bits per heavy atom. The fourth-order valence-corrected chi connectivity index (χ4v) is 5.27. The molecule has 0 unspecified atom stereocenters. The van der Waals surface area contributed by atoms with Crippen LogP contribution < -0.4 is 15.8 Å². The summed E-state index contributed by atoms with van der Waals surface area (Å²) in [6.07, 6.45) is -2.95. The van der Waals surface area contributed by atoms with Gasteiger partial charge in [-0.3, -0.25) is 4.79 Å². The van der Waals surface area contributed by atoms with Crippen molar-refractivity contribution in [1.82, 2.24) is 9.97 Å². The summed E-state index contributed by atoms with van der Waals surface area (Å²) in [4.78, 5) is 25.1. The summed E-state index contributed by atoms with van der Waals surface area (Å²) in [5, 5.41) is 4.52. The number of rotatable bonds is 5. The minimum absolute atomic E-state index is 0.0137. The van der Waals surface area contributed by atoms with Gasteiger partial charge in [-0.05, 0) is 37.8 Å². The summed E-state index contributed by atoms with van der Waals surface area (Å²) in [5.74, 6) is -2.76. The number of nitrogens with one attached hydrogen (secondary N) is 1. The first-order valence-corrected chi connectivity index (χ1v) is 11.2. The number of alkyl halides is 5. The SMILES string of the molecule is NC1=N[C@]2(c3nc(NC(=O)c4ccc(OC(F)F)cn4)cs3)CCC[C@H](C(F)(F)F)C[C@@H]2CO1. The highest BCUT2D eigenvalue weighted by atomic mass is 32.1. The minimum Gasteiger partial charge on any atom is -0.465 e. The van der Waals surface area contributed by atoms with Crippen molar-refractivity contribution >= 4 is 29.1 Å². The number of nitrogens with two attached hydrogens (primary N) is 1. The monoisotopic (exact) mass is 505 g/mol. The third-order valence-electron chi connectivity index (χ3n) is 5.87. The molecule has 0 radical (unpaired) electrons. The Bertz CT molecular complexity index is 1060. The maximum atomic E-state index is 13.5. The summed E-state index contributed by atoms with van der Waals surface area (Å²) in [6.45, 7) is -3.03. The maximum Gasteiger partial charge on any atom is 0.391 e. The van der Waals surface area contributed by atoms with Crippen LogP contribution in [0.5, 0.6) is 5.75 Å². The van der Waals surface area contributed by atoms with Crippen LogP contribution in [-0.2, 0) is 10.3 Å². The van der Waals surface area contributed by atoms with Crippen LogP contribution in [0.1, 0.15) is 41.2 Å². The summed E-state index contributed by atoms with van der Waals surface area (Å²) < 4.78 is 74.4. The normalized spacial score (nSPS) is 25.1.